The molecular weight excluding hydrogens is 388 g/mol. The van der Waals surface area contributed by atoms with Gasteiger partial charge >= 0.3 is 0 Å². The number of methoxy groups -OCH3 is 1. The minimum atomic E-state index is -0.482. The molecule has 0 radical (unpaired) electrons. The Balaban J connectivity index is 0.00000240. The number of hydrogen-bond donors (Lipinski definition) is 2. The van der Waals surface area contributed by atoms with Gasteiger partial charge in [0.25, 0.3) is 0 Å². The van der Waals surface area contributed by atoms with E-state index in [-0.39, 0.29) is 24.4 Å². The van der Waals surface area contributed by atoms with Crippen molar-refractivity contribution in [2.75, 3.05) is 7.11 Å². The highest BCUT2D eigenvalue weighted by Gasteiger charge is 2.34. The maximum atomic E-state index is 10.1. The highest BCUT2D eigenvalue weighted by Crippen LogP contribution is 2.33. The minimum absolute atomic E-state index is 0. The van der Waals surface area contributed by atoms with E-state index in [2.05, 4.69) is 12.1 Å². The molecule has 0 spiro atoms. The Hall–Kier alpha value is -2.41. The molecule has 0 unspecified atom stereocenters. The second-order valence-corrected chi connectivity index (χ2v) is 7.42. The van der Waals surface area contributed by atoms with E-state index < -0.39 is 6.10 Å². The standard InChI is InChI=1S/C22H26N4O2.ClH/c1-28-20-10-6-5-9-16(20)13-21-24-22(17-11-18(23)19(27)12-17)26(25-21)14-15-7-3-2-4-8-15;/h2-10,17-19,27H,11-14,23H2,1H3;1H/t17-,18-,19-;/m0./s1. The molecule has 154 valence electrons. The summed E-state index contributed by atoms with van der Waals surface area (Å²) in [6, 6.07) is 17.9. The molecule has 2 aromatic carbocycles. The smallest absolute Gasteiger partial charge is 0.155 e. The van der Waals surface area contributed by atoms with Gasteiger partial charge in [-0.15, -0.1) is 12.4 Å². The first kappa shape index (κ1) is 21.3. The Labute approximate surface area is 177 Å². The van der Waals surface area contributed by atoms with E-state index >= 15 is 0 Å². The van der Waals surface area contributed by atoms with Crippen molar-refractivity contribution in [3.8, 4) is 5.75 Å². The van der Waals surface area contributed by atoms with Crippen molar-refractivity contribution < 1.29 is 9.84 Å². The predicted molar refractivity (Wildman–Crippen MR) is 115 cm³/mol. The molecule has 0 aliphatic heterocycles. The van der Waals surface area contributed by atoms with Gasteiger partial charge in [-0.2, -0.15) is 5.10 Å². The van der Waals surface area contributed by atoms with Crippen LogP contribution >= 0.6 is 12.4 Å². The normalized spacial score (nSPS) is 21.0. The molecule has 7 heteroatoms. The Bertz CT molecular complexity index is 922. The maximum absolute atomic E-state index is 10.1. The Morgan fingerprint density at radius 2 is 1.83 bits per heavy atom. The fraction of sp³-hybridized carbons (Fsp3) is 0.364. The third kappa shape index (κ3) is 4.78. The molecule has 0 bridgehead atoms. The van der Waals surface area contributed by atoms with Crippen LogP contribution in [0.4, 0.5) is 0 Å². The summed E-state index contributed by atoms with van der Waals surface area (Å²) in [5.74, 6) is 2.61. The van der Waals surface area contributed by atoms with Crippen LogP contribution in [0.5, 0.6) is 5.75 Å². The molecule has 1 saturated carbocycles. The van der Waals surface area contributed by atoms with Crippen molar-refractivity contribution in [1.82, 2.24) is 14.8 Å². The number of nitrogens with two attached hydrogens (primary N) is 1. The first-order valence-corrected chi connectivity index (χ1v) is 9.67. The molecule has 3 atom stereocenters. The zero-order chi connectivity index (χ0) is 19.5. The van der Waals surface area contributed by atoms with Crippen LogP contribution in [0.3, 0.4) is 0 Å². The molecule has 0 amide bonds. The molecule has 3 aromatic rings. The SMILES string of the molecule is COc1ccccc1Cc1nc([C@H]2C[C@H](N)[C@@H](O)C2)n(Cc2ccccc2)n1.Cl. The fourth-order valence-electron chi connectivity index (χ4n) is 3.93. The van der Waals surface area contributed by atoms with E-state index in [1.165, 1.54) is 5.56 Å². The zero-order valence-electron chi connectivity index (χ0n) is 16.4. The summed E-state index contributed by atoms with van der Waals surface area (Å²) in [6.45, 7) is 0.650. The van der Waals surface area contributed by atoms with Crippen LogP contribution in [0, 0.1) is 0 Å². The quantitative estimate of drug-likeness (QED) is 0.647. The highest BCUT2D eigenvalue weighted by atomic mass is 35.5. The van der Waals surface area contributed by atoms with Gasteiger partial charge in [-0.25, -0.2) is 9.67 Å². The van der Waals surface area contributed by atoms with E-state index in [1.807, 2.05) is 47.1 Å². The van der Waals surface area contributed by atoms with Crippen LogP contribution in [0.25, 0.3) is 0 Å². The van der Waals surface area contributed by atoms with Crippen molar-refractivity contribution in [1.29, 1.82) is 0 Å². The van der Waals surface area contributed by atoms with Gasteiger partial charge in [0, 0.05) is 23.9 Å². The molecule has 1 fully saturated rings. The van der Waals surface area contributed by atoms with Crippen LogP contribution in [0.2, 0.25) is 0 Å². The lowest BCUT2D eigenvalue weighted by molar-refractivity contribution is 0.163. The summed E-state index contributed by atoms with van der Waals surface area (Å²) in [5, 5.41) is 14.9. The largest absolute Gasteiger partial charge is 0.496 e. The van der Waals surface area contributed by atoms with Crippen LogP contribution in [-0.4, -0.2) is 39.1 Å². The number of ether oxygens (including phenoxy) is 1. The van der Waals surface area contributed by atoms with Crippen molar-refractivity contribution in [3.63, 3.8) is 0 Å². The average molecular weight is 415 g/mol. The zero-order valence-corrected chi connectivity index (χ0v) is 17.3. The number of nitrogens with zero attached hydrogens (tertiary/aromatic N) is 3. The van der Waals surface area contributed by atoms with Gasteiger partial charge in [0.15, 0.2) is 5.82 Å². The summed E-state index contributed by atoms with van der Waals surface area (Å²) in [4.78, 5) is 4.86. The van der Waals surface area contributed by atoms with Crippen LogP contribution in [0.1, 0.15) is 41.5 Å². The number of rotatable bonds is 6. The second kappa shape index (κ2) is 9.39. The van der Waals surface area contributed by atoms with Crippen LogP contribution in [0.15, 0.2) is 54.6 Å². The minimum Gasteiger partial charge on any atom is -0.496 e. The maximum Gasteiger partial charge on any atom is 0.155 e. The van der Waals surface area contributed by atoms with Crippen molar-refractivity contribution in [2.24, 2.45) is 5.73 Å². The number of para-hydroxylation sites is 1. The second-order valence-electron chi connectivity index (χ2n) is 7.42. The molecule has 1 heterocycles. The average Bonchev–Trinajstić information content (AvgIpc) is 3.25. The first-order valence-electron chi connectivity index (χ1n) is 9.67. The molecular formula is C22H27ClN4O2. The number of aromatic nitrogens is 3. The van der Waals surface area contributed by atoms with Gasteiger partial charge in [-0.05, 0) is 24.5 Å². The third-order valence-corrected chi connectivity index (χ3v) is 5.40. The predicted octanol–water partition coefficient (Wildman–Crippen LogP) is 2.91. The van der Waals surface area contributed by atoms with E-state index in [0.29, 0.717) is 19.4 Å². The molecule has 1 aliphatic carbocycles. The Kier molecular flexibility index (Phi) is 6.90. The lowest BCUT2D eigenvalue weighted by Gasteiger charge is -2.11. The van der Waals surface area contributed by atoms with Gasteiger partial charge in [0.1, 0.15) is 11.6 Å². The number of aliphatic hydroxyl groups is 1. The molecule has 1 aromatic heterocycles. The van der Waals surface area contributed by atoms with E-state index in [4.69, 9.17) is 20.6 Å². The topological polar surface area (TPSA) is 86.2 Å². The highest BCUT2D eigenvalue weighted by molar-refractivity contribution is 5.85. The number of hydrogen-bond acceptors (Lipinski definition) is 5. The summed E-state index contributed by atoms with van der Waals surface area (Å²) in [6.07, 6.45) is 1.47. The monoisotopic (exact) mass is 414 g/mol. The lowest BCUT2D eigenvalue weighted by atomic mass is 10.1. The molecule has 29 heavy (non-hydrogen) atoms. The van der Waals surface area contributed by atoms with Crippen molar-refractivity contribution in [3.05, 3.63) is 77.4 Å². The Morgan fingerprint density at radius 3 is 2.52 bits per heavy atom. The third-order valence-electron chi connectivity index (χ3n) is 5.40. The summed E-state index contributed by atoms with van der Waals surface area (Å²) >= 11 is 0. The Morgan fingerprint density at radius 1 is 1.10 bits per heavy atom. The lowest BCUT2D eigenvalue weighted by Crippen LogP contribution is -2.28. The van der Waals surface area contributed by atoms with Gasteiger partial charge in [0.05, 0.1) is 19.8 Å². The van der Waals surface area contributed by atoms with Gasteiger partial charge in [-0.1, -0.05) is 48.5 Å². The fourth-order valence-corrected chi connectivity index (χ4v) is 3.93. The summed E-state index contributed by atoms with van der Waals surface area (Å²) < 4.78 is 7.43. The van der Waals surface area contributed by atoms with Crippen LogP contribution < -0.4 is 10.5 Å². The van der Waals surface area contributed by atoms with Crippen molar-refractivity contribution in [2.45, 2.75) is 43.9 Å². The number of benzene rings is 2. The van der Waals surface area contributed by atoms with E-state index in [1.54, 1.807) is 7.11 Å². The van der Waals surface area contributed by atoms with E-state index in [0.717, 1.165) is 29.4 Å². The molecule has 1 aliphatic rings. The van der Waals surface area contributed by atoms with Gasteiger partial charge in [0.2, 0.25) is 0 Å². The molecule has 0 saturated heterocycles. The molecule has 6 nitrogen and oxygen atoms in total. The van der Waals surface area contributed by atoms with Gasteiger partial charge < -0.3 is 15.6 Å². The number of aliphatic hydroxyl groups excluding tert-OH is 1. The first-order chi connectivity index (χ1) is 13.6. The molecule has 3 N–H and O–H groups in total. The van der Waals surface area contributed by atoms with Crippen molar-refractivity contribution >= 4 is 12.4 Å². The number of halogens is 1. The summed E-state index contributed by atoms with van der Waals surface area (Å²) in [5.41, 5.74) is 8.27. The van der Waals surface area contributed by atoms with E-state index in [9.17, 15) is 5.11 Å². The van der Waals surface area contributed by atoms with Crippen LogP contribution in [-0.2, 0) is 13.0 Å². The van der Waals surface area contributed by atoms with Gasteiger partial charge in [-0.3, -0.25) is 0 Å². The summed E-state index contributed by atoms with van der Waals surface area (Å²) in [7, 11) is 1.67. The molecule has 4 rings (SSSR count).